The summed E-state index contributed by atoms with van der Waals surface area (Å²) in [5.74, 6) is 0.747. The molecular weight excluding hydrogens is 482 g/mol. The fourth-order valence-electron chi connectivity index (χ4n) is 4.44. The number of anilines is 2. The summed E-state index contributed by atoms with van der Waals surface area (Å²) in [6.07, 6.45) is 5.78. The maximum Gasteiger partial charge on any atom is 0.318 e. The van der Waals surface area contributed by atoms with Gasteiger partial charge in [0.25, 0.3) is 0 Å². The van der Waals surface area contributed by atoms with Crippen molar-refractivity contribution in [3.05, 3.63) is 44.6 Å². The number of carbonyl (C=O) groups excluding carboxylic acids is 1. The highest BCUT2D eigenvalue weighted by Crippen LogP contribution is 2.39. The van der Waals surface area contributed by atoms with Crippen molar-refractivity contribution in [3.8, 4) is 6.07 Å². The number of amides is 2. The van der Waals surface area contributed by atoms with E-state index in [0.717, 1.165) is 64.0 Å². The third-order valence-corrected chi connectivity index (χ3v) is 8.19. The Hall–Kier alpha value is -3.49. The van der Waals surface area contributed by atoms with Gasteiger partial charge in [0.1, 0.15) is 23.5 Å². The van der Waals surface area contributed by atoms with Crippen molar-refractivity contribution in [2.24, 2.45) is 0 Å². The number of unbranched alkanes of at least 4 members (excludes halogenated alkanes) is 1. The largest absolute Gasteiger partial charge is 0.340 e. The number of H-pyrrole nitrogens is 1. The number of rotatable bonds is 7. The van der Waals surface area contributed by atoms with Crippen molar-refractivity contribution < 1.29 is 4.79 Å². The lowest BCUT2D eigenvalue weighted by Crippen LogP contribution is -2.47. The minimum Gasteiger partial charge on any atom is -0.340 e. The number of aromatic amines is 1. The first kappa shape index (κ1) is 23.3. The predicted molar refractivity (Wildman–Crippen MR) is 140 cm³/mol. The number of nitrogens with zero attached hydrogens (tertiary/aromatic N) is 4. The van der Waals surface area contributed by atoms with Crippen LogP contribution in [0.25, 0.3) is 20.4 Å². The standard InChI is InChI=1S/C24H25N7O2S2/c1-2-3-9-31(10-8-25)23(32)29-15-4-6-16-18(11-15)34-22-20(16)21(26-13-27-22)28-14-5-7-17-19(12-14)35-24(33)30-17/h5,7,12-13,15H,2-4,6,9-11H2,1H3,(H,29,32)(H,30,33)(H,26,27,28). The van der Waals surface area contributed by atoms with Crippen molar-refractivity contribution in [2.45, 2.75) is 45.1 Å². The summed E-state index contributed by atoms with van der Waals surface area (Å²) >= 11 is 2.82. The van der Waals surface area contributed by atoms with Crippen LogP contribution in [0.15, 0.2) is 29.3 Å². The zero-order valence-electron chi connectivity index (χ0n) is 19.3. The molecule has 1 atom stereocenters. The molecule has 0 saturated heterocycles. The molecule has 1 unspecified atom stereocenters. The molecule has 1 aromatic carbocycles. The molecule has 3 N–H and O–H groups in total. The Bertz CT molecular complexity index is 1480. The van der Waals surface area contributed by atoms with Gasteiger partial charge in [-0.15, -0.1) is 11.3 Å². The van der Waals surface area contributed by atoms with Crippen LogP contribution in [0.3, 0.4) is 0 Å². The van der Waals surface area contributed by atoms with E-state index in [4.69, 9.17) is 5.26 Å². The summed E-state index contributed by atoms with van der Waals surface area (Å²) in [5.41, 5.74) is 2.91. The highest BCUT2D eigenvalue weighted by Gasteiger charge is 2.27. The maximum absolute atomic E-state index is 12.8. The number of urea groups is 1. The fourth-order valence-corrected chi connectivity index (χ4v) is 6.48. The van der Waals surface area contributed by atoms with Crippen LogP contribution in [0.2, 0.25) is 0 Å². The molecule has 3 heterocycles. The van der Waals surface area contributed by atoms with Gasteiger partial charge in [-0.05, 0) is 43.0 Å². The number of thiophene rings is 1. The van der Waals surface area contributed by atoms with Crippen molar-refractivity contribution in [1.82, 2.24) is 25.2 Å². The molecule has 2 amide bonds. The highest BCUT2D eigenvalue weighted by atomic mass is 32.1. The van der Waals surface area contributed by atoms with Gasteiger partial charge in [-0.25, -0.2) is 14.8 Å². The monoisotopic (exact) mass is 507 g/mol. The van der Waals surface area contributed by atoms with Crippen LogP contribution in [0.4, 0.5) is 16.3 Å². The van der Waals surface area contributed by atoms with Crippen LogP contribution in [-0.2, 0) is 12.8 Å². The van der Waals surface area contributed by atoms with Crippen LogP contribution in [0.1, 0.15) is 36.6 Å². The molecule has 4 aromatic rings. The number of aromatic nitrogens is 3. The van der Waals surface area contributed by atoms with Gasteiger partial charge in [-0.2, -0.15) is 5.26 Å². The van der Waals surface area contributed by atoms with E-state index in [1.54, 1.807) is 22.6 Å². The van der Waals surface area contributed by atoms with Crippen molar-refractivity contribution in [1.29, 1.82) is 5.26 Å². The number of nitriles is 1. The second-order valence-electron chi connectivity index (χ2n) is 8.58. The third-order valence-electron chi connectivity index (χ3n) is 6.19. The number of thiazole rings is 1. The van der Waals surface area contributed by atoms with Crippen molar-refractivity contribution in [3.63, 3.8) is 0 Å². The molecule has 0 aliphatic heterocycles. The summed E-state index contributed by atoms with van der Waals surface area (Å²) in [7, 11) is 0. The van der Waals surface area contributed by atoms with Gasteiger partial charge < -0.3 is 20.5 Å². The summed E-state index contributed by atoms with van der Waals surface area (Å²) in [6.45, 7) is 2.76. The van der Waals surface area contributed by atoms with E-state index in [0.29, 0.717) is 6.54 Å². The first-order valence-electron chi connectivity index (χ1n) is 11.6. The Balaban J connectivity index is 1.36. The van der Waals surface area contributed by atoms with Gasteiger partial charge in [-0.3, -0.25) is 4.79 Å². The molecule has 3 aromatic heterocycles. The van der Waals surface area contributed by atoms with E-state index in [9.17, 15) is 9.59 Å². The van der Waals surface area contributed by atoms with Gasteiger partial charge >= 0.3 is 10.9 Å². The van der Waals surface area contributed by atoms with Crippen LogP contribution < -0.4 is 15.5 Å². The lowest BCUT2D eigenvalue weighted by Gasteiger charge is -2.27. The Kier molecular flexibility index (Phi) is 6.66. The van der Waals surface area contributed by atoms with E-state index in [1.165, 1.54) is 21.8 Å². The summed E-state index contributed by atoms with van der Waals surface area (Å²) < 4.78 is 0.889. The SMILES string of the molecule is CCCCN(CC#N)C(=O)NC1CCc2c(sc3ncnc(Nc4ccc5[nH]c(=O)sc5c4)c23)C1. The minimum absolute atomic E-state index is 0.0222. The molecule has 180 valence electrons. The zero-order chi connectivity index (χ0) is 24.4. The lowest BCUT2D eigenvalue weighted by atomic mass is 9.93. The number of nitrogens with one attached hydrogen (secondary N) is 3. The van der Waals surface area contributed by atoms with Crippen molar-refractivity contribution in [2.75, 3.05) is 18.4 Å². The normalized spacial score (nSPS) is 15.0. The molecule has 9 nitrogen and oxygen atoms in total. The molecule has 5 rings (SSSR count). The molecule has 0 saturated carbocycles. The molecule has 1 aliphatic carbocycles. The topological polar surface area (TPSA) is 127 Å². The van der Waals surface area contributed by atoms with Crippen LogP contribution in [0, 0.1) is 11.3 Å². The summed E-state index contributed by atoms with van der Waals surface area (Å²) in [4.78, 5) is 39.9. The Morgan fingerprint density at radius 2 is 2.23 bits per heavy atom. The van der Waals surface area contributed by atoms with Crippen LogP contribution in [0.5, 0.6) is 0 Å². The Morgan fingerprint density at radius 1 is 1.34 bits per heavy atom. The second-order valence-corrected chi connectivity index (χ2v) is 10.7. The fraction of sp³-hybridized carbons (Fsp3) is 0.375. The van der Waals surface area contributed by atoms with E-state index in [2.05, 4.69) is 38.6 Å². The first-order chi connectivity index (χ1) is 17.1. The zero-order valence-corrected chi connectivity index (χ0v) is 20.9. The quantitative estimate of drug-likeness (QED) is 0.316. The molecule has 11 heteroatoms. The van der Waals surface area contributed by atoms with Gasteiger partial charge in [-0.1, -0.05) is 24.7 Å². The summed E-state index contributed by atoms with van der Waals surface area (Å²) in [6, 6.07) is 7.71. The first-order valence-corrected chi connectivity index (χ1v) is 13.3. The van der Waals surface area contributed by atoms with Gasteiger partial charge in [0.15, 0.2) is 0 Å². The smallest absolute Gasteiger partial charge is 0.318 e. The average Bonchev–Trinajstić information content (AvgIpc) is 3.40. The molecule has 0 spiro atoms. The second kappa shape index (κ2) is 10.0. The maximum atomic E-state index is 12.8. The van der Waals surface area contributed by atoms with E-state index < -0.39 is 0 Å². The number of benzene rings is 1. The third kappa shape index (κ3) is 4.85. The number of carbonyl (C=O) groups is 1. The Morgan fingerprint density at radius 3 is 3.06 bits per heavy atom. The molecule has 0 bridgehead atoms. The lowest BCUT2D eigenvalue weighted by molar-refractivity contribution is 0.197. The van der Waals surface area contributed by atoms with Crippen molar-refractivity contribution >= 4 is 60.6 Å². The van der Waals surface area contributed by atoms with Crippen LogP contribution in [-0.4, -0.2) is 45.0 Å². The molecule has 0 radical (unpaired) electrons. The van der Waals surface area contributed by atoms with Crippen LogP contribution >= 0.6 is 22.7 Å². The summed E-state index contributed by atoms with van der Waals surface area (Å²) in [5, 5.41) is 16.7. The van der Waals surface area contributed by atoms with Gasteiger partial charge in [0.2, 0.25) is 0 Å². The van der Waals surface area contributed by atoms with E-state index in [-0.39, 0.29) is 23.5 Å². The predicted octanol–water partition coefficient (Wildman–Crippen LogP) is 4.53. The Labute approximate surface area is 209 Å². The molecule has 1 aliphatic rings. The number of aryl methyl sites for hydroxylation is 1. The molecule has 35 heavy (non-hydrogen) atoms. The molecule has 0 fully saturated rings. The minimum atomic E-state index is -0.167. The number of hydrogen-bond acceptors (Lipinski definition) is 8. The van der Waals surface area contributed by atoms with Gasteiger partial charge in [0, 0.05) is 29.6 Å². The number of hydrogen-bond donors (Lipinski definition) is 3. The van der Waals surface area contributed by atoms with E-state index >= 15 is 0 Å². The highest BCUT2D eigenvalue weighted by molar-refractivity contribution is 7.19. The number of fused-ring (bicyclic) bond motifs is 4. The van der Waals surface area contributed by atoms with Gasteiger partial charge in [0.05, 0.1) is 21.7 Å². The molecular formula is C24H25N7O2S2. The van der Waals surface area contributed by atoms with E-state index in [1.807, 2.05) is 18.2 Å². The average molecular weight is 508 g/mol.